The second-order valence-corrected chi connectivity index (χ2v) is 7.61. The molecule has 0 aliphatic rings. The van der Waals surface area contributed by atoms with E-state index in [4.69, 9.17) is 5.11 Å². The van der Waals surface area contributed by atoms with Crippen molar-refractivity contribution in [1.29, 1.82) is 0 Å². The van der Waals surface area contributed by atoms with Gasteiger partial charge in [-0.1, -0.05) is 24.3 Å². The molecule has 0 radical (unpaired) electrons. The number of aromatic carboxylic acids is 1. The molecule has 0 fully saturated rings. The van der Waals surface area contributed by atoms with Crippen LogP contribution in [0.2, 0.25) is 0 Å². The molecule has 0 unspecified atom stereocenters. The predicted molar refractivity (Wildman–Crippen MR) is 114 cm³/mol. The van der Waals surface area contributed by atoms with E-state index in [9.17, 15) is 4.79 Å². The monoisotopic (exact) mass is 373 g/mol. The van der Waals surface area contributed by atoms with Crippen molar-refractivity contribution in [1.82, 2.24) is 0 Å². The molecule has 4 aromatic rings. The Labute approximate surface area is 161 Å². The molecule has 0 saturated carbocycles. The number of carboxylic acid groups (broad SMARTS) is 1. The molecule has 0 atom stereocenters. The zero-order chi connectivity index (χ0) is 19.0. The molecular formula is C23H19NO2S. The van der Waals surface area contributed by atoms with Crippen LogP contribution < -0.4 is 5.32 Å². The van der Waals surface area contributed by atoms with Crippen molar-refractivity contribution in [3.8, 4) is 20.9 Å². The summed E-state index contributed by atoms with van der Waals surface area (Å²) in [5, 5.41) is 14.3. The second-order valence-electron chi connectivity index (χ2n) is 6.53. The Morgan fingerprint density at radius 3 is 2.15 bits per heavy atom. The van der Waals surface area contributed by atoms with Crippen molar-refractivity contribution in [2.24, 2.45) is 0 Å². The van der Waals surface area contributed by atoms with Gasteiger partial charge >= 0.3 is 5.97 Å². The average molecular weight is 373 g/mol. The standard InChI is InChI=1S/C23H19NO2S/c1-14-11-17(7-8-20(14)24-2)21-9-10-22(27-21)18-5-3-16-13-19(23(25)26)6-4-15(16)12-18/h3-13,24H,1-2H3,(H,25,26). The number of benzene rings is 3. The van der Waals surface area contributed by atoms with Crippen molar-refractivity contribution < 1.29 is 9.90 Å². The fraction of sp³-hybridized carbons (Fsp3) is 0.0870. The van der Waals surface area contributed by atoms with E-state index in [1.165, 1.54) is 20.9 Å². The third-order valence-electron chi connectivity index (χ3n) is 4.76. The van der Waals surface area contributed by atoms with Crippen molar-refractivity contribution in [2.45, 2.75) is 6.92 Å². The van der Waals surface area contributed by atoms with Crippen LogP contribution in [0.3, 0.4) is 0 Å². The van der Waals surface area contributed by atoms with Gasteiger partial charge in [0.05, 0.1) is 5.56 Å². The number of carboxylic acids is 1. The average Bonchev–Trinajstić information content (AvgIpc) is 3.17. The summed E-state index contributed by atoms with van der Waals surface area (Å²) in [4.78, 5) is 13.6. The first-order valence-corrected chi connectivity index (χ1v) is 9.53. The fourth-order valence-corrected chi connectivity index (χ4v) is 4.28. The van der Waals surface area contributed by atoms with Gasteiger partial charge in [0, 0.05) is 22.5 Å². The van der Waals surface area contributed by atoms with Gasteiger partial charge in [0.15, 0.2) is 0 Å². The summed E-state index contributed by atoms with van der Waals surface area (Å²) in [5.74, 6) is -0.900. The minimum Gasteiger partial charge on any atom is -0.478 e. The lowest BCUT2D eigenvalue weighted by Crippen LogP contribution is -1.95. The topological polar surface area (TPSA) is 49.3 Å². The van der Waals surface area contributed by atoms with Crippen LogP contribution in [0.1, 0.15) is 15.9 Å². The zero-order valence-electron chi connectivity index (χ0n) is 15.1. The number of rotatable bonds is 4. The van der Waals surface area contributed by atoms with E-state index in [0.717, 1.165) is 22.0 Å². The number of hydrogen-bond acceptors (Lipinski definition) is 3. The number of carbonyl (C=O) groups is 1. The Balaban J connectivity index is 1.69. The molecule has 4 rings (SSSR count). The van der Waals surface area contributed by atoms with Gasteiger partial charge in [-0.2, -0.15) is 0 Å². The summed E-state index contributed by atoms with van der Waals surface area (Å²) in [6.45, 7) is 2.11. The van der Waals surface area contributed by atoms with Crippen LogP contribution in [0.25, 0.3) is 31.7 Å². The Morgan fingerprint density at radius 1 is 0.852 bits per heavy atom. The molecule has 0 saturated heterocycles. The van der Waals surface area contributed by atoms with Crippen LogP contribution in [0.5, 0.6) is 0 Å². The number of anilines is 1. The van der Waals surface area contributed by atoms with Crippen LogP contribution in [0, 0.1) is 6.92 Å². The fourth-order valence-electron chi connectivity index (χ4n) is 3.28. The maximum atomic E-state index is 11.1. The van der Waals surface area contributed by atoms with E-state index in [2.05, 4.69) is 54.7 Å². The number of fused-ring (bicyclic) bond motifs is 1. The molecule has 0 aliphatic carbocycles. The van der Waals surface area contributed by atoms with Gasteiger partial charge < -0.3 is 10.4 Å². The number of thiophene rings is 1. The SMILES string of the molecule is CNc1ccc(-c2ccc(-c3ccc4cc(C(=O)O)ccc4c3)s2)cc1C. The number of aryl methyl sites for hydroxylation is 1. The lowest BCUT2D eigenvalue weighted by atomic mass is 10.0. The number of hydrogen-bond donors (Lipinski definition) is 2. The molecule has 0 spiro atoms. The van der Waals surface area contributed by atoms with Crippen LogP contribution >= 0.6 is 11.3 Å². The van der Waals surface area contributed by atoms with E-state index in [-0.39, 0.29) is 0 Å². The minimum atomic E-state index is -0.900. The molecule has 0 amide bonds. The molecule has 27 heavy (non-hydrogen) atoms. The Hall–Kier alpha value is -3.11. The van der Waals surface area contributed by atoms with Gasteiger partial charge in [0.25, 0.3) is 0 Å². The first-order chi connectivity index (χ1) is 13.0. The molecule has 2 N–H and O–H groups in total. The van der Waals surface area contributed by atoms with Gasteiger partial charge in [0.1, 0.15) is 0 Å². The van der Waals surface area contributed by atoms with Crippen LogP contribution in [0.15, 0.2) is 66.7 Å². The summed E-state index contributed by atoms with van der Waals surface area (Å²) in [7, 11) is 1.93. The summed E-state index contributed by atoms with van der Waals surface area (Å²) in [6.07, 6.45) is 0. The zero-order valence-corrected chi connectivity index (χ0v) is 15.9. The third-order valence-corrected chi connectivity index (χ3v) is 5.94. The molecule has 1 heterocycles. The molecule has 3 nitrogen and oxygen atoms in total. The highest BCUT2D eigenvalue weighted by Gasteiger charge is 2.09. The van der Waals surface area contributed by atoms with Crippen molar-refractivity contribution >= 4 is 33.8 Å². The van der Waals surface area contributed by atoms with Crippen LogP contribution in [-0.4, -0.2) is 18.1 Å². The highest BCUT2D eigenvalue weighted by Crippen LogP contribution is 2.36. The van der Waals surface area contributed by atoms with Gasteiger partial charge in [-0.15, -0.1) is 11.3 Å². The molecular weight excluding hydrogens is 354 g/mol. The predicted octanol–water partition coefficient (Wildman–Crippen LogP) is 6.28. The molecule has 0 bridgehead atoms. The van der Waals surface area contributed by atoms with Crippen molar-refractivity contribution in [3.05, 3.63) is 77.9 Å². The second kappa shape index (κ2) is 6.89. The molecule has 3 aromatic carbocycles. The first-order valence-electron chi connectivity index (χ1n) is 8.71. The lowest BCUT2D eigenvalue weighted by Gasteiger charge is -2.06. The smallest absolute Gasteiger partial charge is 0.335 e. The number of nitrogens with one attached hydrogen (secondary N) is 1. The first kappa shape index (κ1) is 17.3. The maximum Gasteiger partial charge on any atom is 0.335 e. The van der Waals surface area contributed by atoms with E-state index >= 15 is 0 Å². The van der Waals surface area contributed by atoms with Gasteiger partial charge in [-0.3, -0.25) is 0 Å². The molecule has 0 aliphatic heterocycles. The third kappa shape index (κ3) is 3.32. The molecule has 134 valence electrons. The largest absolute Gasteiger partial charge is 0.478 e. The minimum absolute atomic E-state index is 0.314. The Kier molecular flexibility index (Phi) is 4.42. The van der Waals surface area contributed by atoms with Crippen LogP contribution in [0.4, 0.5) is 5.69 Å². The van der Waals surface area contributed by atoms with Gasteiger partial charge in [-0.25, -0.2) is 4.79 Å². The van der Waals surface area contributed by atoms with E-state index < -0.39 is 5.97 Å². The molecule has 1 aromatic heterocycles. The van der Waals surface area contributed by atoms with E-state index in [0.29, 0.717) is 5.56 Å². The quantitative estimate of drug-likeness (QED) is 0.442. The van der Waals surface area contributed by atoms with E-state index in [1.807, 2.05) is 19.2 Å². The summed E-state index contributed by atoms with van der Waals surface area (Å²) >= 11 is 1.76. The Morgan fingerprint density at radius 2 is 1.48 bits per heavy atom. The van der Waals surface area contributed by atoms with Gasteiger partial charge in [-0.05, 0) is 76.9 Å². The summed E-state index contributed by atoms with van der Waals surface area (Å²) in [6, 6.07) is 22.2. The van der Waals surface area contributed by atoms with Crippen LogP contribution in [-0.2, 0) is 0 Å². The highest BCUT2D eigenvalue weighted by molar-refractivity contribution is 7.18. The maximum absolute atomic E-state index is 11.1. The normalized spacial score (nSPS) is 10.9. The summed E-state index contributed by atoms with van der Waals surface area (Å²) < 4.78 is 0. The van der Waals surface area contributed by atoms with E-state index in [1.54, 1.807) is 23.5 Å². The van der Waals surface area contributed by atoms with Crippen molar-refractivity contribution in [2.75, 3.05) is 12.4 Å². The lowest BCUT2D eigenvalue weighted by molar-refractivity contribution is 0.0697. The molecule has 4 heteroatoms. The van der Waals surface area contributed by atoms with Gasteiger partial charge in [0.2, 0.25) is 0 Å². The summed E-state index contributed by atoms with van der Waals surface area (Å²) in [5.41, 5.74) is 5.05. The Bertz CT molecular complexity index is 1160. The van der Waals surface area contributed by atoms with Crippen molar-refractivity contribution in [3.63, 3.8) is 0 Å². The highest BCUT2D eigenvalue weighted by atomic mass is 32.1.